The van der Waals surface area contributed by atoms with Crippen molar-refractivity contribution in [3.8, 4) is 0 Å². The Hall–Kier alpha value is -3.06. The van der Waals surface area contributed by atoms with Crippen molar-refractivity contribution >= 4 is 23.7 Å². The summed E-state index contributed by atoms with van der Waals surface area (Å²) in [4.78, 5) is 60.0. The first kappa shape index (κ1) is 46.1. The summed E-state index contributed by atoms with van der Waals surface area (Å²) in [6, 6.07) is 7.45. The first-order valence-electron chi connectivity index (χ1n) is 19.5. The molecule has 3 amide bonds. The summed E-state index contributed by atoms with van der Waals surface area (Å²) in [7, 11) is 10.3. The summed E-state index contributed by atoms with van der Waals surface area (Å²) in [6.45, 7) is 15.6. The number of methoxy groups -OCH3 is 3. The number of amides is 3. The second-order valence-corrected chi connectivity index (χ2v) is 15.8. The van der Waals surface area contributed by atoms with E-state index in [2.05, 4.69) is 29.4 Å². The molecule has 1 aliphatic rings. The molecule has 1 fully saturated rings. The summed E-state index contributed by atoms with van der Waals surface area (Å²) < 4.78 is 17.2. The van der Waals surface area contributed by atoms with Crippen LogP contribution in [-0.2, 0) is 39.8 Å². The highest BCUT2D eigenvalue weighted by atomic mass is 16.5. The molecule has 2 rings (SSSR count). The predicted molar refractivity (Wildman–Crippen MR) is 209 cm³/mol. The van der Waals surface area contributed by atoms with Gasteiger partial charge < -0.3 is 29.7 Å². The van der Waals surface area contributed by atoms with Crippen LogP contribution in [0.15, 0.2) is 30.3 Å². The summed E-state index contributed by atoms with van der Waals surface area (Å²) >= 11 is 0. The Morgan fingerprint density at radius 3 is 2.04 bits per heavy atom. The van der Waals surface area contributed by atoms with Gasteiger partial charge in [-0.2, -0.15) is 0 Å². The zero-order chi connectivity index (χ0) is 40.0. The number of nitrogens with one attached hydrogen (secondary N) is 2. The van der Waals surface area contributed by atoms with Crippen LogP contribution in [0.25, 0.3) is 0 Å². The lowest BCUT2D eigenvalue weighted by Crippen LogP contribution is -2.59. The summed E-state index contributed by atoms with van der Waals surface area (Å²) in [5.74, 6) is -1.47. The maximum Gasteiger partial charge on any atom is 0.328 e. The maximum absolute atomic E-state index is 14.2. The fourth-order valence-corrected chi connectivity index (χ4v) is 8.05. The van der Waals surface area contributed by atoms with Crippen molar-refractivity contribution in [2.75, 3.05) is 55.6 Å². The lowest BCUT2D eigenvalue weighted by molar-refractivity contribution is -0.146. The Morgan fingerprint density at radius 2 is 1.53 bits per heavy atom. The van der Waals surface area contributed by atoms with Gasteiger partial charge in [-0.15, -0.1) is 0 Å². The third-order valence-electron chi connectivity index (χ3n) is 11.2. The molecule has 0 bridgehead atoms. The molecule has 0 radical (unpaired) electrons. The molecule has 0 spiro atoms. The Morgan fingerprint density at radius 1 is 0.887 bits per heavy atom. The van der Waals surface area contributed by atoms with Gasteiger partial charge in [0.15, 0.2) is 0 Å². The quantitative estimate of drug-likeness (QED) is 0.169. The molecule has 0 aromatic heterocycles. The van der Waals surface area contributed by atoms with Crippen molar-refractivity contribution in [1.29, 1.82) is 0 Å². The van der Waals surface area contributed by atoms with Gasteiger partial charge in [-0.3, -0.25) is 24.2 Å². The average molecular weight is 746 g/mol. The van der Waals surface area contributed by atoms with E-state index >= 15 is 0 Å². The van der Waals surface area contributed by atoms with E-state index in [4.69, 9.17) is 14.2 Å². The largest absolute Gasteiger partial charge is 0.467 e. The molecule has 1 aliphatic heterocycles. The van der Waals surface area contributed by atoms with E-state index in [9.17, 15) is 19.2 Å². The Bertz CT molecular complexity index is 1270. The van der Waals surface area contributed by atoms with Gasteiger partial charge in [-0.25, -0.2) is 4.79 Å². The fourth-order valence-electron chi connectivity index (χ4n) is 8.05. The van der Waals surface area contributed by atoms with Gasteiger partial charge in [-0.1, -0.05) is 85.2 Å². The lowest BCUT2D eigenvalue weighted by atomic mass is 9.89. The van der Waals surface area contributed by atoms with E-state index in [1.807, 2.05) is 91.0 Å². The molecule has 12 nitrogen and oxygen atoms in total. The number of nitrogens with zero attached hydrogens (tertiary/aromatic N) is 3. The van der Waals surface area contributed by atoms with Gasteiger partial charge in [0.2, 0.25) is 17.7 Å². The van der Waals surface area contributed by atoms with Crippen LogP contribution in [0.2, 0.25) is 0 Å². The molecule has 1 aromatic carbocycles. The molecule has 53 heavy (non-hydrogen) atoms. The molecule has 0 saturated carbocycles. The molecule has 2 N–H and O–H groups in total. The van der Waals surface area contributed by atoms with Gasteiger partial charge in [0.1, 0.15) is 12.1 Å². The van der Waals surface area contributed by atoms with E-state index in [1.54, 1.807) is 19.1 Å². The second kappa shape index (κ2) is 22.4. The zero-order valence-electron chi connectivity index (χ0n) is 34.9. The molecule has 1 heterocycles. The normalized spacial score (nSPS) is 19.6. The van der Waals surface area contributed by atoms with Crippen LogP contribution >= 0.6 is 0 Å². The number of carbonyl (C=O) groups excluding carboxylic acids is 4. The third kappa shape index (κ3) is 12.8. The minimum atomic E-state index is -0.817. The molecular formula is C41H71N5O7. The number of likely N-dealkylation sites (N-methyl/N-ethyl adjacent to an activating group) is 2. The van der Waals surface area contributed by atoms with Crippen molar-refractivity contribution < 1.29 is 33.4 Å². The molecule has 302 valence electrons. The highest BCUT2D eigenvalue weighted by Crippen LogP contribution is 2.29. The van der Waals surface area contributed by atoms with Crippen LogP contribution in [-0.4, -0.2) is 136 Å². The van der Waals surface area contributed by atoms with Crippen molar-refractivity contribution in [1.82, 2.24) is 25.3 Å². The topological polar surface area (TPSA) is 130 Å². The van der Waals surface area contributed by atoms with E-state index in [0.717, 1.165) is 31.4 Å². The molecule has 12 heteroatoms. The fraction of sp³-hybridized carbons (Fsp3) is 0.756. The van der Waals surface area contributed by atoms with Gasteiger partial charge >= 0.3 is 5.97 Å². The van der Waals surface area contributed by atoms with Crippen LogP contribution in [0.4, 0.5) is 0 Å². The molecular weight excluding hydrogens is 674 g/mol. The van der Waals surface area contributed by atoms with Crippen molar-refractivity contribution in [3.63, 3.8) is 0 Å². The van der Waals surface area contributed by atoms with Gasteiger partial charge in [-0.05, 0) is 63.2 Å². The summed E-state index contributed by atoms with van der Waals surface area (Å²) in [5, 5.41) is 6.02. The molecule has 1 aromatic rings. The second-order valence-electron chi connectivity index (χ2n) is 15.8. The van der Waals surface area contributed by atoms with Crippen LogP contribution in [0, 0.1) is 23.7 Å². The van der Waals surface area contributed by atoms with Crippen LogP contribution in [0.3, 0.4) is 0 Å². The number of rotatable bonds is 22. The molecule has 1 saturated heterocycles. The number of hydrogen-bond acceptors (Lipinski definition) is 9. The summed E-state index contributed by atoms with van der Waals surface area (Å²) in [6.07, 6.45) is 2.98. The number of likely N-dealkylation sites (tertiary alicyclic amines) is 1. The van der Waals surface area contributed by atoms with E-state index in [-0.39, 0.29) is 59.7 Å². The zero-order valence-corrected chi connectivity index (χ0v) is 34.9. The Kier molecular flexibility index (Phi) is 19.4. The standard InChI is InChI=1S/C41H71N5O7/c1-14-28(6)36(45(10)40(49)34(26(2)3)43-39(48)35(27(4)5)44(8)9)33(51-11)22-24-46-23-18-21-32(46)37(52-12)29(7)38(47)42-31(41(50)53-13)25-30-19-16-15-17-20-30/h15-17,19-20,26-29,31-37H,14,18,21-25H2,1-13H3,(H,42,47)(H,43,48)/t28-,29+,31-,32-,33+,34-,35-,36-,37+/m0/s1. The van der Waals surface area contributed by atoms with Crippen LogP contribution in [0.1, 0.15) is 79.7 Å². The first-order chi connectivity index (χ1) is 25.0. The highest BCUT2D eigenvalue weighted by Gasteiger charge is 2.41. The van der Waals surface area contributed by atoms with Crippen LogP contribution < -0.4 is 10.6 Å². The van der Waals surface area contributed by atoms with Crippen LogP contribution in [0.5, 0.6) is 0 Å². The number of ether oxygens (including phenoxy) is 3. The number of hydrogen-bond donors (Lipinski definition) is 2. The lowest BCUT2D eigenvalue weighted by Gasteiger charge is -2.41. The maximum atomic E-state index is 14.2. The van der Waals surface area contributed by atoms with Gasteiger partial charge in [0.05, 0.1) is 37.3 Å². The smallest absolute Gasteiger partial charge is 0.328 e. The van der Waals surface area contributed by atoms with Gasteiger partial charge in [0, 0.05) is 40.3 Å². The Balaban J connectivity index is 2.22. The van der Waals surface area contributed by atoms with E-state index in [1.165, 1.54) is 7.11 Å². The van der Waals surface area contributed by atoms with Gasteiger partial charge in [0.25, 0.3) is 0 Å². The number of esters is 1. The SMILES string of the molecule is CC[C@H](C)[C@@H]([C@@H](CCN1CCC[C@H]1[C@H](OC)[C@@H](C)C(=O)N[C@@H](Cc1ccccc1)C(=O)OC)OC)N(C)C(=O)[C@@H](NC(=O)[C@H](C(C)C)N(C)C)C(C)C. The number of benzene rings is 1. The Labute approximate surface area is 320 Å². The molecule has 0 unspecified atom stereocenters. The number of carbonyl (C=O) groups is 4. The van der Waals surface area contributed by atoms with E-state index < -0.39 is 30.1 Å². The third-order valence-corrected chi connectivity index (χ3v) is 11.2. The van der Waals surface area contributed by atoms with Crippen molar-refractivity contribution in [3.05, 3.63) is 35.9 Å². The summed E-state index contributed by atoms with van der Waals surface area (Å²) in [5.41, 5.74) is 0.922. The highest BCUT2D eigenvalue weighted by molar-refractivity contribution is 5.90. The minimum absolute atomic E-state index is 0.0171. The minimum Gasteiger partial charge on any atom is -0.467 e. The molecule has 0 aliphatic carbocycles. The molecule has 9 atom stereocenters. The van der Waals surface area contributed by atoms with Crippen molar-refractivity contribution in [2.24, 2.45) is 23.7 Å². The average Bonchev–Trinajstić information content (AvgIpc) is 3.59. The predicted octanol–water partition coefficient (Wildman–Crippen LogP) is 4.01. The monoisotopic (exact) mass is 746 g/mol. The first-order valence-corrected chi connectivity index (χ1v) is 19.5. The van der Waals surface area contributed by atoms with E-state index in [0.29, 0.717) is 19.4 Å². The van der Waals surface area contributed by atoms with Crippen molar-refractivity contribution in [2.45, 2.75) is 123 Å².